The van der Waals surface area contributed by atoms with Crippen LogP contribution in [0.15, 0.2) is 11.8 Å². The predicted molar refractivity (Wildman–Crippen MR) is 49.9 cm³/mol. The van der Waals surface area contributed by atoms with E-state index in [1.165, 1.54) is 18.5 Å². The van der Waals surface area contributed by atoms with E-state index in [1.807, 2.05) is 0 Å². The highest BCUT2D eigenvalue weighted by Gasteiger charge is 2.13. The van der Waals surface area contributed by atoms with E-state index < -0.39 is 0 Å². The minimum Gasteiger partial charge on any atom is -0.375 e. The molecule has 1 saturated heterocycles. The van der Waals surface area contributed by atoms with Crippen molar-refractivity contribution in [2.75, 3.05) is 13.1 Å². The number of allylic oxidation sites excluding steroid dienone is 2. The summed E-state index contributed by atoms with van der Waals surface area (Å²) >= 11 is 0. The quantitative estimate of drug-likeness (QED) is 0.599. The van der Waals surface area contributed by atoms with E-state index in [-0.39, 0.29) is 5.78 Å². The SMILES string of the molecule is CC/C(=C\C(C)=O)N1CCCC1. The van der Waals surface area contributed by atoms with Crippen LogP contribution in [0.3, 0.4) is 0 Å². The number of carbonyl (C=O) groups excluding carboxylic acids is 1. The van der Waals surface area contributed by atoms with Crippen LogP contribution >= 0.6 is 0 Å². The predicted octanol–water partition coefficient (Wildman–Crippen LogP) is 1.97. The molecule has 0 aromatic carbocycles. The molecule has 0 unspecified atom stereocenters. The zero-order chi connectivity index (χ0) is 8.97. The number of hydrogen-bond acceptors (Lipinski definition) is 2. The molecule has 0 saturated carbocycles. The molecule has 1 aliphatic rings. The van der Waals surface area contributed by atoms with Crippen molar-refractivity contribution in [2.45, 2.75) is 33.1 Å². The molecule has 12 heavy (non-hydrogen) atoms. The van der Waals surface area contributed by atoms with E-state index in [0.29, 0.717) is 0 Å². The number of rotatable bonds is 3. The topological polar surface area (TPSA) is 20.3 Å². The number of nitrogens with zero attached hydrogens (tertiary/aromatic N) is 1. The van der Waals surface area contributed by atoms with Crippen molar-refractivity contribution < 1.29 is 4.79 Å². The maximum absolute atomic E-state index is 10.9. The van der Waals surface area contributed by atoms with Crippen molar-refractivity contribution >= 4 is 5.78 Å². The van der Waals surface area contributed by atoms with Gasteiger partial charge in [0.05, 0.1) is 0 Å². The third-order valence-electron chi connectivity index (χ3n) is 2.24. The molecule has 0 aliphatic carbocycles. The van der Waals surface area contributed by atoms with Crippen molar-refractivity contribution in [3.63, 3.8) is 0 Å². The third kappa shape index (κ3) is 2.36. The van der Waals surface area contributed by atoms with Crippen LogP contribution in [0.2, 0.25) is 0 Å². The number of carbonyl (C=O) groups is 1. The monoisotopic (exact) mass is 167 g/mol. The Labute approximate surface area is 74.2 Å². The summed E-state index contributed by atoms with van der Waals surface area (Å²) in [7, 11) is 0. The maximum Gasteiger partial charge on any atom is 0.154 e. The Morgan fingerprint density at radius 2 is 2.00 bits per heavy atom. The Morgan fingerprint density at radius 3 is 2.42 bits per heavy atom. The Morgan fingerprint density at radius 1 is 1.42 bits per heavy atom. The first kappa shape index (κ1) is 9.30. The van der Waals surface area contributed by atoms with Gasteiger partial charge in [-0.2, -0.15) is 0 Å². The lowest BCUT2D eigenvalue weighted by atomic mass is 10.2. The Hall–Kier alpha value is -0.790. The van der Waals surface area contributed by atoms with Crippen LogP contribution in [0.4, 0.5) is 0 Å². The summed E-state index contributed by atoms with van der Waals surface area (Å²) in [5, 5.41) is 0. The van der Waals surface area contributed by atoms with E-state index >= 15 is 0 Å². The van der Waals surface area contributed by atoms with Gasteiger partial charge >= 0.3 is 0 Å². The molecule has 0 amide bonds. The highest BCUT2D eigenvalue weighted by atomic mass is 16.1. The smallest absolute Gasteiger partial charge is 0.154 e. The molecule has 0 N–H and O–H groups in total. The van der Waals surface area contributed by atoms with Gasteiger partial charge in [-0.05, 0) is 32.3 Å². The van der Waals surface area contributed by atoms with Crippen LogP contribution in [-0.4, -0.2) is 23.8 Å². The summed E-state index contributed by atoms with van der Waals surface area (Å²) in [4.78, 5) is 13.2. The fourth-order valence-corrected chi connectivity index (χ4v) is 1.66. The largest absolute Gasteiger partial charge is 0.375 e. The molecule has 1 heterocycles. The van der Waals surface area contributed by atoms with Gasteiger partial charge in [0, 0.05) is 18.8 Å². The van der Waals surface area contributed by atoms with Gasteiger partial charge in [0.2, 0.25) is 0 Å². The zero-order valence-electron chi connectivity index (χ0n) is 7.97. The second-order valence-electron chi connectivity index (χ2n) is 3.29. The molecular weight excluding hydrogens is 150 g/mol. The van der Waals surface area contributed by atoms with E-state index in [1.54, 1.807) is 13.0 Å². The number of hydrogen-bond donors (Lipinski definition) is 0. The van der Waals surface area contributed by atoms with Crippen LogP contribution in [0.1, 0.15) is 33.1 Å². The van der Waals surface area contributed by atoms with Crippen LogP contribution in [0, 0.1) is 0 Å². The Balaban J connectivity index is 2.60. The van der Waals surface area contributed by atoms with Crippen LogP contribution < -0.4 is 0 Å². The molecule has 0 radical (unpaired) electrons. The lowest BCUT2D eigenvalue weighted by Crippen LogP contribution is -2.18. The summed E-state index contributed by atoms with van der Waals surface area (Å²) in [6, 6.07) is 0. The van der Waals surface area contributed by atoms with E-state index in [9.17, 15) is 4.79 Å². The maximum atomic E-state index is 10.9. The molecule has 1 aliphatic heterocycles. The summed E-state index contributed by atoms with van der Waals surface area (Å²) in [6.45, 7) is 5.98. The van der Waals surface area contributed by atoms with E-state index in [0.717, 1.165) is 19.5 Å². The average molecular weight is 167 g/mol. The van der Waals surface area contributed by atoms with Gasteiger partial charge in [-0.15, -0.1) is 0 Å². The molecule has 2 nitrogen and oxygen atoms in total. The lowest BCUT2D eigenvalue weighted by molar-refractivity contribution is -0.112. The summed E-state index contributed by atoms with van der Waals surface area (Å²) in [5.41, 5.74) is 1.21. The van der Waals surface area contributed by atoms with Gasteiger partial charge in [0.1, 0.15) is 0 Å². The summed E-state index contributed by atoms with van der Waals surface area (Å²) in [6.07, 6.45) is 5.29. The minimum absolute atomic E-state index is 0.166. The van der Waals surface area contributed by atoms with Crippen LogP contribution in [0.25, 0.3) is 0 Å². The highest BCUT2D eigenvalue weighted by molar-refractivity contribution is 5.87. The molecular formula is C10H17NO. The molecule has 68 valence electrons. The molecule has 0 spiro atoms. The highest BCUT2D eigenvalue weighted by Crippen LogP contribution is 2.16. The van der Waals surface area contributed by atoms with Crippen molar-refractivity contribution in [3.05, 3.63) is 11.8 Å². The molecule has 0 atom stereocenters. The first-order valence-corrected chi connectivity index (χ1v) is 4.70. The summed E-state index contributed by atoms with van der Waals surface area (Å²) < 4.78 is 0. The van der Waals surface area contributed by atoms with Crippen molar-refractivity contribution in [3.8, 4) is 0 Å². The lowest BCUT2D eigenvalue weighted by Gasteiger charge is -2.19. The Kier molecular flexibility index (Phi) is 3.32. The van der Waals surface area contributed by atoms with Crippen LogP contribution in [0.5, 0.6) is 0 Å². The molecule has 1 fully saturated rings. The van der Waals surface area contributed by atoms with Gasteiger partial charge in [0.15, 0.2) is 5.78 Å². The van der Waals surface area contributed by atoms with Gasteiger partial charge in [-0.25, -0.2) is 0 Å². The third-order valence-corrected chi connectivity index (χ3v) is 2.24. The summed E-state index contributed by atoms with van der Waals surface area (Å²) in [5.74, 6) is 0.166. The average Bonchev–Trinajstić information content (AvgIpc) is 2.51. The molecule has 0 aromatic rings. The first-order chi connectivity index (χ1) is 5.74. The van der Waals surface area contributed by atoms with Crippen molar-refractivity contribution in [2.24, 2.45) is 0 Å². The van der Waals surface area contributed by atoms with Gasteiger partial charge in [-0.3, -0.25) is 4.79 Å². The van der Waals surface area contributed by atoms with E-state index in [2.05, 4.69) is 11.8 Å². The normalized spacial score (nSPS) is 18.5. The van der Waals surface area contributed by atoms with Crippen LogP contribution in [-0.2, 0) is 4.79 Å². The molecule has 1 rings (SSSR count). The minimum atomic E-state index is 0.166. The van der Waals surface area contributed by atoms with Gasteiger partial charge in [0.25, 0.3) is 0 Å². The first-order valence-electron chi connectivity index (χ1n) is 4.70. The number of likely N-dealkylation sites (tertiary alicyclic amines) is 1. The second kappa shape index (κ2) is 4.29. The fourth-order valence-electron chi connectivity index (χ4n) is 1.66. The molecule has 0 bridgehead atoms. The Bertz CT molecular complexity index is 190. The van der Waals surface area contributed by atoms with E-state index in [4.69, 9.17) is 0 Å². The van der Waals surface area contributed by atoms with Crippen molar-refractivity contribution in [1.82, 2.24) is 4.90 Å². The standard InChI is InChI=1S/C10H17NO/c1-3-10(8-9(2)12)11-6-4-5-7-11/h8H,3-7H2,1-2H3/b10-8+. The molecule has 0 aromatic heterocycles. The fraction of sp³-hybridized carbons (Fsp3) is 0.700. The van der Waals surface area contributed by atoms with Gasteiger partial charge < -0.3 is 4.90 Å². The zero-order valence-corrected chi connectivity index (χ0v) is 7.97. The number of ketones is 1. The van der Waals surface area contributed by atoms with Crippen molar-refractivity contribution in [1.29, 1.82) is 0 Å². The molecule has 2 heteroatoms. The van der Waals surface area contributed by atoms with Gasteiger partial charge in [-0.1, -0.05) is 6.92 Å². The second-order valence-corrected chi connectivity index (χ2v) is 3.29.